The Morgan fingerprint density at radius 1 is 1.78 bits per heavy atom. The Morgan fingerprint density at radius 3 is 2.67 bits per heavy atom. The molecule has 0 aromatic rings. The van der Waals surface area contributed by atoms with E-state index in [1.165, 1.54) is 6.92 Å². The fourth-order valence-electron chi connectivity index (χ4n) is 0.219. The van der Waals surface area contributed by atoms with E-state index in [9.17, 15) is 9.36 Å². The fraction of sp³-hybridized carbons (Fsp3) is 0.250. The number of carbonyl (C=O) groups is 1. The van der Waals surface area contributed by atoms with E-state index in [1.807, 2.05) is 0 Å². The molecule has 0 aromatic heterocycles. The van der Waals surface area contributed by atoms with Gasteiger partial charge in [0.1, 0.15) is 0 Å². The van der Waals surface area contributed by atoms with Crippen molar-refractivity contribution in [2.75, 3.05) is 0 Å². The average Bonchev–Trinajstić information content (AvgIpc) is 1.87. The van der Waals surface area contributed by atoms with Crippen molar-refractivity contribution in [1.29, 1.82) is 0 Å². The summed E-state index contributed by atoms with van der Waals surface area (Å²) in [6, 6.07) is 0. The summed E-state index contributed by atoms with van der Waals surface area (Å²) in [5.74, 6) is 0.275. The van der Waals surface area contributed by atoms with Crippen LogP contribution >= 0.6 is 8.46 Å². The summed E-state index contributed by atoms with van der Waals surface area (Å²) in [4.78, 5) is 13.5. The maximum Gasteiger partial charge on any atom is 0.372 e. The molecule has 4 nitrogen and oxygen atoms in total. The molecule has 50 valence electrons. The molecule has 0 aliphatic rings. The first kappa shape index (κ1) is 8.27. The predicted molar refractivity (Wildman–Crippen MR) is 31.5 cm³/mol. The van der Waals surface area contributed by atoms with Crippen LogP contribution in [0.5, 0.6) is 0 Å². The highest BCUT2D eigenvalue weighted by atomic mass is 31.1. The smallest absolute Gasteiger partial charge is 0.296 e. The van der Waals surface area contributed by atoms with Crippen LogP contribution in [0.2, 0.25) is 0 Å². The third kappa shape index (κ3) is 2.95. The van der Waals surface area contributed by atoms with Gasteiger partial charge in [0, 0.05) is 0 Å². The van der Waals surface area contributed by atoms with Gasteiger partial charge in [0.05, 0.1) is 5.57 Å². The third-order valence-corrected chi connectivity index (χ3v) is 1.23. The molecule has 0 rings (SSSR count). The van der Waals surface area contributed by atoms with Crippen molar-refractivity contribution in [1.82, 2.24) is 0 Å². The number of carbonyl (C=O) groups excluding carboxylic acids is 1. The summed E-state index contributed by atoms with van der Waals surface area (Å²) in [5.41, 5.74) is 0.130. The van der Waals surface area contributed by atoms with Gasteiger partial charge in [-0.3, -0.25) is 4.89 Å². The van der Waals surface area contributed by atoms with Crippen molar-refractivity contribution in [3.8, 4) is 0 Å². The first-order chi connectivity index (χ1) is 4.22. The van der Waals surface area contributed by atoms with Crippen LogP contribution in [0.15, 0.2) is 11.4 Å². The van der Waals surface area contributed by atoms with Gasteiger partial charge in [0.25, 0.3) is 0 Å². The normalized spacial score (nSPS) is 11.6. The minimum absolute atomic E-state index is 0.130. The van der Waals surface area contributed by atoms with Crippen LogP contribution < -0.4 is 0 Å². The lowest BCUT2D eigenvalue weighted by atomic mass is 10.4. The molecule has 0 aromatic carbocycles. The van der Waals surface area contributed by atoms with Crippen LogP contribution in [0.3, 0.4) is 0 Å². The highest BCUT2D eigenvalue weighted by molar-refractivity contribution is 7.27. The van der Waals surface area contributed by atoms with Gasteiger partial charge in [-0.25, -0.2) is 4.79 Å². The topological polar surface area (TPSA) is 63.6 Å². The summed E-state index contributed by atoms with van der Waals surface area (Å²) < 4.78 is 9.82. The SMILES string of the molecule is CC(=C[PH+]=O)C(=O)OO. The van der Waals surface area contributed by atoms with Gasteiger partial charge in [-0.1, -0.05) is 4.57 Å². The van der Waals surface area contributed by atoms with E-state index in [0.29, 0.717) is 0 Å². The molecule has 0 bridgehead atoms. The lowest BCUT2D eigenvalue weighted by Gasteiger charge is -1.87. The van der Waals surface area contributed by atoms with E-state index in [4.69, 9.17) is 5.26 Å². The van der Waals surface area contributed by atoms with Crippen molar-refractivity contribution in [2.45, 2.75) is 6.92 Å². The van der Waals surface area contributed by atoms with Gasteiger partial charge in [-0.05, 0) is 6.92 Å². The summed E-state index contributed by atoms with van der Waals surface area (Å²) in [7, 11) is -0.690. The van der Waals surface area contributed by atoms with Crippen LogP contribution in [0, 0.1) is 0 Å². The van der Waals surface area contributed by atoms with Crippen molar-refractivity contribution >= 4 is 14.4 Å². The first-order valence-corrected chi connectivity index (χ1v) is 3.11. The Kier molecular flexibility index (Phi) is 3.84. The molecule has 5 heteroatoms. The molecule has 1 atom stereocenters. The molecule has 0 saturated heterocycles. The number of rotatable bonds is 2. The largest absolute Gasteiger partial charge is 0.372 e. The number of hydrogen-bond acceptors (Lipinski definition) is 4. The van der Waals surface area contributed by atoms with Gasteiger partial charge in [0.2, 0.25) is 0 Å². The van der Waals surface area contributed by atoms with Crippen molar-refractivity contribution in [2.24, 2.45) is 0 Å². The molecule has 0 radical (unpaired) electrons. The second-order valence-electron chi connectivity index (χ2n) is 1.32. The standard InChI is InChI=1S/C4H5O4P/c1-3(2-9-7)4(5)8-6/h2,6H,1H3/p+1. The molecule has 0 spiro atoms. The van der Waals surface area contributed by atoms with Gasteiger partial charge >= 0.3 is 14.4 Å². The van der Waals surface area contributed by atoms with E-state index in [2.05, 4.69) is 4.89 Å². The van der Waals surface area contributed by atoms with Gasteiger partial charge in [-0.2, -0.15) is 5.26 Å². The summed E-state index contributed by atoms with van der Waals surface area (Å²) in [6.45, 7) is 1.39. The minimum Gasteiger partial charge on any atom is -0.296 e. The lowest BCUT2D eigenvalue weighted by molar-refractivity contribution is -0.229. The van der Waals surface area contributed by atoms with Gasteiger partial charge < -0.3 is 0 Å². The summed E-state index contributed by atoms with van der Waals surface area (Å²) in [5, 5.41) is 7.74. The highest BCUT2D eigenvalue weighted by Gasteiger charge is 2.05. The van der Waals surface area contributed by atoms with E-state index in [1.54, 1.807) is 0 Å². The van der Waals surface area contributed by atoms with Crippen LogP contribution in [0.1, 0.15) is 6.92 Å². The maximum absolute atomic E-state index is 10.2. The van der Waals surface area contributed by atoms with E-state index < -0.39 is 14.4 Å². The van der Waals surface area contributed by atoms with Crippen molar-refractivity contribution in [3.05, 3.63) is 11.4 Å². The second kappa shape index (κ2) is 4.18. The molecular formula is C4H6O4P+. The zero-order valence-corrected chi connectivity index (χ0v) is 5.75. The fourth-order valence-corrected chi connectivity index (χ4v) is 0.514. The maximum atomic E-state index is 10.2. The molecular weight excluding hydrogens is 143 g/mol. The number of hydrogen-bond donors (Lipinski definition) is 1. The van der Waals surface area contributed by atoms with E-state index >= 15 is 0 Å². The third-order valence-electron chi connectivity index (χ3n) is 0.680. The van der Waals surface area contributed by atoms with Crippen molar-refractivity contribution in [3.63, 3.8) is 0 Å². The minimum atomic E-state index is -0.877. The lowest BCUT2D eigenvalue weighted by Crippen LogP contribution is -2.00. The Morgan fingerprint density at radius 2 is 2.33 bits per heavy atom. The Hall–Kier alpha value is -0.730. The first-order valence-electron chi connectivity index (χ1n) is 2.12. The molecule has 0 saturated carbocycles. The van der Waals surface area contributed by atoms with Crippen LogP contribution in [0.4, 0.5) is 0 Å². The molecule has 9 heavy (non-hydrogen) atoms. The monoisotopic (exact) mass is 149 g/mol. The van der Waals surface area contributed by atoms with E-state index in [0.717, 1.165) is 5.82 Å². The quantitative estimate of drug-likeness (QED) is 0.274. The predicted octanol–water partition coefficient (Wildman–Crippen LogP) is 0.930. The molecule has 0 aliphatic carbocycles. The summed E-state index contributed by atoms with van der Waals surface area (Å²) >= 11 is 0. The second-order valence-corrected chi connectivity index (χ2v) is 1.85. The van der Waals surface area contributed by atoms with Crippen LogP contribution in [0.25, 0.3) is 0 Å². The Bertz CT molecular complexity index is 151. The van der Waals surface area contributed by atoms with Gasteiger partial charge in [0.15, 0.2) is 5.82 Å². The Labute approximate surface area is 53.3 Å². The molecule has 0 heterocycles. The van der Waals surface area contributed by atoms with Crippen LogP contribution in [-0.2, 0) is 14.2 Å². The van der Waals surface area contributed by atoms with Crippen LogP contribution in [-0.4, -0.2) is 11.2 Å². The molecule has 1 unspecified atom stereocenters. The molecule has 1 N–H and O–H groups in total. The zero-order chi connectivity index (χ0) is 7.28. The molecule has 0 fully saturated rings. The van der Waals surface area contributed by atoms with Crippen molar-refractivity contribution < 1.29 is 19.5 Å². The highest BCUT2D eigenvalue weighted by Crippen LogP contribution is 2.02. The molecule has 0 aliphatic heterocycles. The molecule has 0 amide bonds. The Balaban J connectivity index is 4.01. The average molecular weight is 149 g/mol. The zero-order valence-electron chi connectivity index (χ0n) is 4.75. The van der Waals surface area contributed by atoms with E-state index in [-0.39, 0.29) is 5.57 Å². The summed E-state index contributed by atoms with van der Waals surface area (Å²) in [6.07, 6.45) is 0. The van der Waals surface area contributed by atoms with Gasteiger partial charge in [-0.15, -0.1) is 0 Å².